The van der Waals surface area contributed by atoms with Gasteiger partial charge in [0.2, 0.25) is 5.91 Å². The van der Waals surface area contributed by atoms with Crippen LogP contribution < -0.4 is 0 Å². The summed E-state index contributed by atoms with van der Waals surface area (Å²) in [5.74, 6) is -1.12. The maximum absolute atomic E-state index is 12.5. The van der Waals surface area contributed by atoms with Crippen molar-refractivity contribution >= 4 is 23.5 Å². The lowest BCUT2D eigenvalue weighted by molar-refractivity contribution is -0.145. The maximum atomic E-state index is 12.5. The van der Waals surface area contributed by atoms with Crippen LogP contribution in [0.15, 0.2) is 24.3 Å². The molecule has 2 rings (SSSR count). The molecule has 6 heteroatoms. The minimum absolute atomic E-state index is 0.0887. The smallest absolute Gasteiger partial charge is 0.323 e. The molecule has 0 radical (unpaired) electrons. The van der Waals surface area contributed by atoms with E-state index in [1.807, 2.05) is 43.3 Å². The lowest BCUT2D eigenvalue weighted by atomic mass is 10.1. The standard InChI is InChI=1S/C16H21ClN2O3/c1-18(2)7-8-19(10-15(20)21)16(22)13-9-12(13)11-5-3-4-6-14(11)17/h3-6,12-13H,7-10H2,1-2H3,(H,20,21)/t12-,13-/m0/s1. The topological polar surface area (TPSA) is 60.9 Å². The van der Waals surface area contributed by atoms with Crippen LogP contribution in [0.1, 0.15) is 17.9 Å². The largest absolute Gasteiger partial charge is 0.480 e. The van der Waals surface area contributed by atoms with E-state index in [0.29, 0.717) is 18.1 Å². The van der Waals surface area contributed by atoms with Crippen LogP contribution >= 0.6 is 11.6 Å². The molecule has 0 unspecified atom stereocenters. The Kier molecular flexibility index (Phi) is 5.42. The van der Waals surface area contributed by atoms with Gasteiger partial charge in [-0.15, -0.1) is 0 Å². The second kappa shape index (κ2) is 7.11. The van der Waals surface area contributed by atoms with Gasteiger partial charge in [0.1, 0.15) is 6.54 Å². The number of carbonyl (C=O) groups excluding carboxylic acids is 1. The highest BCUT2D eigenvalue weighted by atomic mass is 35.5. The molecule has 0 aliphatic heterocycles. The lowest BCUT2D eigenvalue weighted by Gasteiger charge is -2.23. The van der Waals surface area contributed by atoms with Crippen LogP contribution in [0.4, 0.5) is 0 Å². The van der Waals surface area contributed by atoms with Crippen LogP contribution in [-0.4, -0.2) is 60.5 Å². The Morgan fingerprint density at radius 3 is 2.55 bits per heavy atom. The fourth-order valence-corrected chi connectivity index (χ4v) is 2.85. The summed E-state index contributed by atoms with van der Waals surface area (Å²) in [7, 11) is 3.79. The normalized spacial score (nSPS) is 20.0. The summed E-state index contributed by atoms with van der Waals surface area (Å²) in [6, 6.07) is 7.51. The molecule has 1 amide bonds. The van der Waals surface area contributed by atoms with Crippen LogP contribution in [0.2, 0.25) is 5.02 Å². The summed E-state index contributed by atoms with van der Waals surface area (Å²) in [5, 5.41) is 9.67. The van der Waals surface area contributed by atoms with Gasteiger partial charge in [0.05, 0.1) is 0 Å². The third-order valence-corrected chi connectivity index (χ3v) is 4.21. The summed E-state index contributed by atoms with van der Waals surface area (Å²) in [6.45, 7) is 0.810. The average Bonchev–Trinajstić information content (AvgIpc) is 3.23. The molecule has 1 aliphatic carbocycles. The number of carboxylic acid groups (broad SMARTS) is 1. The van der Waals surface area contributed by atoms with Crippen molar-refractivity contribution in [3.63, 3.8) is 0 Å². The molecule has 0 aromatic heterocycles. The zero-order valence-electron chi connectivity index (χ0n) is 12.8. The predicted molar refractivity (Wildman–Crippen MR) is 85.1 cm³/mol. The van der Waals surface area contributed by atoms with E-state index >= 15 is 0 Å². The van der Waals surface area contributed by atoms with Crippen molar-refractivity contribution < 1.29 is 14.7 Å². The fraction of sp³-hybridized carbons (Fsp3) is 0.500. The summed E-state index contributed by atoms with van der Waals surface area (Å²) in [6.07, 6.45) is 0.737. The average molecular weight is 325 g/mol. The second-order valence-electron chi connectivity index (χ2n) is 5.93. The summed E-state index contributed by atoms with van der Waals surface area (Å²) >= 11 is 6.17. The Morgan fingerprint density at radius 1 is 1.27 bits per heavy atom. The van der Waals surface area contributed by atoms with Crippen molar-refractivity contribution in [1.29, 1.82) is 0 Å². The number of carboxylic acids is 1. The van der Waals surface area contributed by atoms with E-state index in [4.69, 9.17) is 16.7 Å². The number of halogens is 1. The van der Waals surface area contributed by atoms with Crippen LogP contribution in [0.5, 0.6) is 0 Å². The van der Waals surface area contributed by atoms with Crippen LogP contribution in [0.25, 0.3) is 0 Å². The first-order chi connectivity index (χ1) is 10.4. The first-order valence-electron chi connectivity index (χ1n) is 7.30. The monoisotopic (exact) mass is 324 g/mol. The van der Waals surface area contributed by atoms with Crippen molar-refractivity contribution in [3.8, 4) is 0 Å². The zero-order chi connectivity index (χ0) is 16.3. The molecule has 1 aromatic carbocycles. The van der Waals surface area contributed by atoms with Crippen molar-refractivity contribution in [2.45, 2.75) is 12.3 Å². The molecule has 0 spiro atoms. The van der Waals surface area contributed by atoms with Gasteiger partial charge in [0.15, 0.2) is 0 Å². The molecule has 2 atom stereocenters. The third kappa shape index (κ3) is 4.21. The molecule has 1 aromatic rings. The van der Waals surface area contributed by atoms with Gasteiger partial charge in [0.25, 0.3) is 0 Å². The number of hydrogen-bond donors (Lipinski definition) is 1. The van der Waals surface area contributed by atoms with Gasteiger partial charge >= 0.3 is 5.97 Å². The molecule has 1 saturated carbocycles. The molecule has 1 fully saturated rings. The number of hydrogen-bond acceptors (Lipinski definition) is 3. The molecule has 0 heterocycles. The molecule has 1 N–H and O–H groups in total. The number of benzene rings is 1. The maximum Gasteiger partial charge on any atom is 0.323 e. The van der Waals surface area contributed by atoms with Gasteiger partial charge in [-0.05, 0) is 38.1 Å². The Hall–Kier alpha value is -1.59. The SMILES string of the molecule is CN(C)CCN(CC(=O)O)C(=O)[C@H]1C[C@H]1c1ccccc1Cl. The van der Waals surface area contributed by atoms with E-state index in [0.717, 1.165) is 12.0 Å². The molecular formula is C16H21ClN2O3. The van der Waals surface area contributed by atoms with Gasteiger partial charge in [0, 0.05) is 24.0 Å². The van der Waals surface area contributed by atoms with Crippen molar-refractivity contribution in [2.24, 2.45) is 5.92 Å². The zero-order valence-corrected chi connectivity index (χ0v) is 13.6. The highest BCUT2D eigenvalue weighted by molar-refractivity contribution is 6.31. The minimum atomic E-state index is -0.984. The van der Waals surface area contributed by atoms with E-state index in [2.05, 4.69) is 0 Å². The van der Waals surface area contributed by atoms with E-state index in [9.17, 15) is 9.59 Å². The van der Waals surface area contributed by atoms with Crippen LogP contribution in [0.3, 0.4) is 0 Å². The summed E-state index contributed by atoms with van der Waals surface area (Å²) in [5.41, 5.74) is 0.977. The number of likely N-dealkylation sites (N-methyl/N-ethyl adjacent to an activating group) is 1. The quantitative estimate of drug-likeness (QED) is 0.832. The van der Waals surface area contributed by atoms with Crippen molar-refractivity contribution in [2.75, 3.05) is 33.7 Å². The lowest BCUT2D eigenvalue weighted by Crippen LogP contribution is -2.41. The van der Waals surface area contributed by atoms with Gasteiger partial charge in [-0.2, -0.15) is 0 Å². The molecule has 1 aliphatic rings. The molecule has 120 valence electrons. The Morgan fingerprint density at radius 2 is 1.95 bits per heavy atom. The summed E-state index contributed by atoms with van der Waals surface area (Å²) < 4.78 is 0. The summed E-state index contributed by atoms with van der Waals surface area (Å²) in [4.78, 5) is 26.9. The second-order valence-corrected chi connectivity index (χ2v) is 6.33. The van der Waals surface area contributed by atoms with Crippen LogP contribution in [-0.2, 0) is 9.59 Å². The number of aliphatic carboxylic acids is 1. The van der Waals surface area contributed by atoms with Crippen LogP contribution in [0, 0.1) is 5.92 Å². The Balaban J connectivity index is 2.02. The molecule has 0 saturated heterocycles. The third-order valence-electron chi connectivity index (χ3n) is 3.87. The van der Waals surface area contributed by atoms with E-state index in [-0.39, 0.29) is 24.3 Å². The Labute approximate surface area is 135 Å². The van der Waals surface area contributed by atoms with E-state index < -0.39 is 5.97 Å². The first kappa shape index (κ1) is 16.8. The number of rotatable bonds is 7. The first-order valence-corrected chi connectivity index (χ1v) is 7.67. The van der Waals surface area contributed by atoms with Crippen molar-refractivity contribution in [1.82, 2.24) is 9.80 Å². The molecule has 22 heavy (non-hydrogen) atoms. The highest BCUT2D eigenvalue weighted by Crippen LogP contribution is 2.50. The van der Waals surface area contributed by atoms with Gasteiger partial charge in [-0.1, -0.05) is 29.8 Å². The molecular weight excluding hydrogens is 304 g/mol. The number of amides is 1. The highest BCUT2D eigenvalue weighted by Gasteiger charge is 2.46. The van der Waals surface area contributed by atoms with Gasteiger partial charge in [-0.25, -0.2) is 0 Å². The van der Waals surface area contributed by atoms with Crippen molar-refractivity contribution in [3.05, 3.63) is 34.9 Å². The number of carbonyl (C=O) groups is 2. The van der Waals surface area contributed by atoms with Gasteiger partial charge in [-0.3, -0.25) is 9.59 Å². The molecule has 0 bridgehead atoms. The minimum Gasteiger partial charge on any atom is -0.480 e. The predicted octanol–water partition coefficient (Wildman–Crippen LogP) is 1.92. The fourth-order valence-electron chi connectivity index (χ4n) is 2.57. The van der Waals surface area contributed by atoms with E-state index in [1.165, 1.54) is 4.90 Å². The Bertz CT molecular complexity index is 562. The number of nitrogens with zero attached hydrogens (tertiary/aromatic N) is 2. The molecule has 5 nitrogen and oxygen atoms in total. The van der Waals surface area contributed by atoms with E-state index in [1.54, 1.807) is 0 Å². The van der Waals surface area contributed by atoms with Gasteiger partial charge < -0.3 is 14.9 Å².